The van der Waals surface area contributed by atoms with Crippen LogP contribution in [0.25, 0.3) is 0 Å². The number of benzene rings is 2. The Labute approximate surface area is 166 Å². The molecule has 1 atom stereocenters. The second kappa shape index (κ2) is 8.51. The molecule has 0 fully saturated rings. The summed E-state index contributed by atoms with van der Waals surface area (Å²) in [5.41, 5.74) is 0.939. The molecule has 4 nitrogen and oxygen atoms in total. The van der Waals surface area contributed by atoms with Gasteiger partial charge in [0, 0.05) is 23.6 Å². The number of carbonyl (C=O) groups is 2. The minimum atomic E-state index is -1.04. The topological polar surface area (TPSA) is 46.6 Å². The smallest absolute Gasteiger partial charge is 0.336 e. The molecule has 1 unspecified atom stereocenters. The molecule has 0 radical (unpaired) electrons. The summed E-state index contributed by atoms with van der Waals surface area (Å²) in [5, 5.41) is 0. The standard InChI is InChI=1S/C22H20F3NO3/c1-3-29-22(28)20-13(2)26(12-15-7-5-9-18(24)21(15)25)19(27)11-17(20)14-6-4-8-16(23)10-14/h4-10,17H,3,11-12H2,1-2H3. The highest BCUT2D eigenvalue weighted by Crippen LogP contribution is 2.38. The Morgan fingerprint density at radius 1 is 1.17 bits per heavy atom. The largest absolute Gasteiger partial charge is 0.463 e. The van der Waals surface area contributed by atoms with Crippen LogP contribution in [0.2, 0.25) is 0 Å². The third kappa shape index (κ3) is 4.18. The average molecular weight is 403 g/mol. The quantitative estimate of drug-likeness (QED) is 0.693. The van der Waals surface area contributed by atoms with Crippen LogP contribution in [0.4, 0.5) is 13.2 Å². The van der Waals surface area contributed by atoms with Gasteiger partial charge in [0.15, 0.2) is 11.6 Å². The molecule has 1 amide bonds. The molecule has 0 N–H and O–H groups in total. The molecule has 1 aliphatic heterocycles. The van der Waals surface area contributed by atoms with Crippen molar-refractivity contribution in [3.8, 4) is 0 Å². The van der Waals surface area contributed by atoms with E-state index in [0.717, 1.165) is 6.07 Å². The Morgan fingerprint density at radius 2 is 1.90 bits per heavy atom. The zero-order chi connectivity index (χ0) is 21.1. The van der Waals surface area contributed by atoms with Crippen LogP contribution in [-0.4, -0.2) is 23.4 Å². The molecule has 0 bridgehead atoms. The van der Waals surface area contributed by atoms with Crippen molar-refractivity contribution in [2.45, 2.75) is 32.7 Å². The Balaban J connectivity index is 2.06. The number of halogens is 3. The summed E-state index contributed by atoms with van der Waals surface area (Å²) in [5.74, 6) is -4.24. The zero-order valence-electron chi connectivity index (χ0n) is 16.0. The maximum Gasteiger partial charge on any atom is 0.336 e. The fourth-order valence-electron chi connectivity index (χ4n) is 3.53. The lowest BCUT2D eigenvalue weighted by atomic mass is 9.83. The monoisotopic (exact) mass is 403 g/mol. The summed E-state index contributed by atoms with van der Waals surface area (Å²) in [6.07, 6.45) is -0.119. The number of carbonyl (C=O) groups excluding carboxylic acids is 2. The van der Waals surface area contributed by atoms with Crippen LogP contribution in [0.15, 0.2) is 53.7 Å². The van der Waals surface area contributed by atoms with Gasteiger partial charge in [-0.15, -0.1) is 0 Å². The van der Waals surface area contributed by atoms with E-state index in [9.17, 15) is 22.8 Å². The average Bonchev–Trinajstić information content (AvgIpc) is 2.68. The Kier molecular flexibility index (Phi) is 6.06. The second-order valence-electron chi connectivity index (χ2n) is 6.72. The van der Waals surface area contributed by atoms with Crippen LogP contribution in [0, 0.1) is 17.5 Å². The van der Waals surface area contributed by atoms with Crippen molar-refractivity contribution in [3.63, 3.8) is 0 Å². The van der Waals surface area contributed by atoms with E-state index in [1.807, 2.05) is 0 Å². The van der Waals surface area contributed by atoms with Gasteiger partial charge in [-0.05, 0) is 37.6 Å². The molecule has 7 heteroatoms. The maximum absolute atomic E-state index is 14.1. The molecule has 0 spiro atoms. The summed E-state index contributed by atoms with van der Waals surface area (Å²) in [7, 11) is 0. The maximum atomic E-state index is 14.1. The molecule has 29 heavy (non-hydrogen) atoms. The van der Waals surface area contributed by atoms with Gasteiger partial charge in [-0.3, -0.25) is 4.79 Å². The first kappa shape index (κ1) is 20.6. The highest BCUT2D eigenvalue weighted by atomic mass is 19.2. The number of ether oxygens (including phenoxy) is 1. The molecular weight excluding hydrogens is 383 g/mol. The molecule has 0 aromatic heterocycles. The van der Waals surface area contributed by atoms with Crippen molar-refractivity contribution in [3.05, 3.63) is 82.3 Å². The van der Waals surface area contributed by atoms with Gasteiger partial charge in [0.1, 0.15) is 5.82 Å². The van der Waals surface area contributed by atoms with E-state index in [1.54, 1.807) is 19.9 Å². The molecule has 3 rings (SSSR count). The van der Waals surface area contributed by atoms with Gasteiger partial charge >= 0.3 is 5.97 Å². The molecule has 2 aromatic rings. The van der Waals surface area contributed by atoms with E-state index in [-0.39, 0.29) is 42.3 Å². The Morgan fingerprint density at radius 3 is 2.59 bits per heavy atom. The van der Waals surface area contributed by atoms with E-state index in [2.05, 4.69) is 0 Å². The predicted octanol–water partition coefficient (Wildman–Crippen LogP) is 4.46. The summed E-state index contributed by atoms with van der Waals surface area (Å²) >= 11 is 0. The van der Waals surface area contributed by atoms with Crippen LogP contribution in [0.1, 0.15) is 37.3 Å². The molecule has 1 heterocycles. The Hall–Kier alpha value is -3.09. The fourth-order valence-corrected chi connectivity index (χ4v) is 3.53. The van der Waals surface area contributed by atoms with Gasteiger partial charge in [-0.2, -0.15) is 0 Å². The van der Waals surface area contributed by atoms with Crippen molar-refractivity contribution >= 4 is 11.9 Å². The minimum absolute atomic E-state index is 0.00915. The number of allylic oxidation sites excluding steroid dienone is 1. The number of nitrogens with zero attached hydrogens (tertiary/aromatic N) is 1. The number of esters is 1. The predicted molar refractivity (Wildman–Crippen MR) is 100.0 cm³/mol. The first-order valence-corrected chi connectivity index (χ1v) is 9.20. The SMILES string of the molecule is CCOC(=O)C1=C(C)N(Cc2cccc(F)c2F)C(=O)CC1c1cccc(F)c1. The van der Waals surface area contributed by atoms with Gasteiger partial charge in [0.25, 0.3) is 0 Å². The lowest BCUT2D eigenvalue weighted by molar-refractivity contribution is -0.140. The Bertz CT molecular complexity index is 987. The van der Waals surface area contributed by atoms with E-state index in [0.29, 0.717) is 5.56 Å². The molecule has 152 valence electrons. The highest BCUT2D eigenvalue weighted by Gasteiger charge is 2.37. The van der Waals surface area contributed by atoms with Crippen molar-refractivity contribution in [2.75, 3.05) is 6.61 Å². The van der Waals surface area contributed by atoms with Gasteiger partial charge < -0.3 is 9.64 Å². The van der Waals surface area contributed by atoms with Crippen LogP contribution < -0.4 is 0 Å². The summed E-state index contributed by atoms with van der Waals surface area (Å²) in [6.45, 7) is 3.09. The molecule has 0 aliphatic carbocycles. The zero-order valence-corrected chi connectivity index (χ0v) is 16.0. The normalized spacial score (nSPS) is 16.9. The number of hydrogen-bond donors (Lipinski definition) is 0. The molecule has 2 aromatic carbocycles. The minimum Gasteiger partial charge on any atom is -0.463 e. The van der Waals surface area contributed by atoms with Gasteiger partial charge in [0.05, 0.1) is 18.7 Å². The van der Waals surface area contributed by atoms with Crippen LogP contribution in [-0.2, 0) is 20.9 Å². The van der Waals surface area contributed by atoms with Gasteiger partial charge in [-0.1, -0.05) is 24.3 Å². The summed E-state index contributed by atoms with van der Waals surface area (Å²) < 4.78 is 46.5. The van der Waals surface area contributed by atoms with Crippen molar-refractivity contribution in [1.82, 2.24) is 4.90 Å². The molecular formula is C22H20F3NO3. The fraction of sp³-hybridized carbons (Fsp3) is 0.273. The molecule has 0 saturated heterocycles. The first-order chi connectivity index (χ1) is 13.8. The number of rotatable bonds is 5. The number of hydrogen-bond acceptors (Lipinski definition) is 3. The summed E-state index contributed by atoms with van der Waals surface area (Å²) in [4.78, 5) is 26.7. The van der Waals surface area contributed by atoms with Crippen molar-refractivity contribution < 1.29 is 27.5 Å². The lowest BCUT2D eigenvalue weighted by Crippen LogP contribution is -2.38. The molecule has 0 saturated carbocycles. The van der Waals surface area contributed by atoms with Crippen LogP contribution in [0.5, 0.6) is 0 Å². The second-order valence-corrected chi connectivity index (χ2v) is 6.72. The van der Waals surface area contributed by atoms with Crippen molar-refractivity contribution in [2.24, 2.45) is 0 Å². The summed E-state index contributed by atoms with van der Waals surface area (Å²) in [6, 6.07) is 9.39. The van der Waals surface area contributed by atoms with Gasteiger partial charge in [-0.25, -0.2) is 18.0 Å². The van der Waals surface area contributed by atoms with E-state index in [1.165, 1.54) is 35.2 Å². The number of amides is 1. The first-order valence-electron chi connectivity index (χ1n) is 9.20. The lowest BCUT2D eigenvalue weighted by Gasteiger charge is -2.34. The van der Waals surface area contributed by atoms with Gasteiger partial charge in [0.2, 0.25) is 5.91 Å². The van der Waals surface area contributed by atoms with E-state index in [4.69, 9.17) is 4.74 Å². The third-order valence-corrected chi connectivity index (χ3v) is 4.93. The third-order valence-electron chi connectivity index (χ3n) is 4.93. The molecule has 1 aliphatic rings. The van der Waals surface area contributed by atoms with E-state index < -0.39 is 29.3 Å². The van der Waals surface area contributed by atoms with Crippen LogP contribution in [0.3, 0.4) is 0 Å². The highest BCUT2D eigenvalue weighted by molar-refractivity contribution is 5.95. The van der Waals surface area contributed by atoms with E-state index >= 15 is 0 Å². The van der Waals surface area contributed by atoms with Crippen LogP contribution >= 0.6 is 0 Å². The van der Waals surface area contributed by atoms with Crippen molar-refractivity contribution in [1.29, 1.82) is 0 Å².